The molecule has 0 aliphatic carbocycles. The van der Waals surface area contributed by atoms with Gasteiger partial charge in [0.15, 0.2) is 0 Å². The Balaban J connectivity index is 1.54. The summed E-state index contributed by atoms with van der Waals surface area (Å²) in [5.74, 6) is -1.37. The minimum absolute atomic E-state index is 0.0459. The van der Waals surface area contributed by atoms with Crippen molar-refractivity contribution >= 4 is 62.4 Å². The third-order valence-electron chi connectivity index (χ3n) is 4.88. The Kier molecular flexibility index (Phi) is 6.30. The number of imide groups is 1. The Hall–Kier alpha value is -3.47. The van der Waals surface area contributed by atoms with Crippen molar-refractivity contribution in [3.8, 4) is 0 Å². The van der Waals surface area contributed by atoms with Crippen LogP contribution in [0, 0.1) is 13.8 Å². The second-order valence-corrected chi connectivity index (χ2v) is 9.84. The molecule has 4 rings (SSSR count). The van der Waals surface area contributed by atoms with E-state index in [0.717, 1.165) is 4.90 Å². The lowest BCUT2D eigenvalue weighted by Gasteiger charge is -2.17. The molecule has 12 heteroatoms. The first kappa shape index (κ1) is 23.7. The first-order valence-electron chi connectivity index (χ1n) is 9.81. The molecule has 3 aromatic rings. The fourth-order valence-corrected chi connectivity index (χ4v) is 4.63. The van der Waals surface area contributed by atoms with Crippen molar-refractivity contribution in [1.82, 2.24) is 9.97 Å². The molecule has 1 aromatic heterocycles. The molecule has 9 nitrogen and oxygen atoms in total. The van der Waals surface area contributed by atoms with Gasteiger partial charge in [-0.1, -0.05) is 23.2 Å². The van der Waals surface area contributed by atoms with Crippen LogP contribution in [0.15, 0.2) is 70.4 Å². The molecule has 0 saturated carbocycles. The van der Waals surface area contributed by atoms with Gasteiger partial charge in [-0.3, -0.25) is 9.59 Å². The van der Waals surface area contributed by atoms with E-state index in [2.05, 4.69) is 20.0 Å². The second-order valence-electron chi connectivity index (χ2n) is 7.34. The number of aromatic nitrogens is 2. The van der Waals surface area contributed by atoms with E-state index in [4.69, 9.17) is 23.2 Å². The summed E-state index contributed by atoms with van der Waals surface area (Å²) in [6, 6.07) is 11.9. The van der Waals surface area contributed by atoms with Gasteiger partial charge in [-0.05, 0) is 67.9 Å². The fraction of sp³-hybridized carbons (Fsp3) is 0.0909. The zero-order valence-electron chi connectivity index (χ0n) is 17.8. The summed E-state index contributed by atoms with van der Waals surface area (Å²) in [4.78, 5) is 34.5. The van der Waals surface area contributed by atoms with Gasteiger partial charge >= 0.3 is 0 Å². The summed E-state index contributed by atoms with van der Waals surface area (Å²) in [6.07, 6.45) is 1.44. The smallest absolute Gasteiger partial charge is 0.283 e. The van der Waals surface area contributed by atoms with Gasteiger partial charge in [-0.25, -0.2) is 28.0 Å². The summed E-state index contributed by atoms with van der Waals surface area (Å²) in [5.41, 5.74) is 1.83. The van der Waals surface area contributed by atoms with Crippen LogP contribution in [0.2, 0.25) is 5.02 Å². The number of amides is 2. The Bertz CT molecular complexity index is 1460. The van der Waals surface area contributed by atoms with Gasteiger partial charge in [-0.2, -0.15) is 0 Å². The van der Waals surface area contributed by atoms with Gasteiger partial charge in [0.05, 0.1) is 10.6 Å². The standard InChI is InChI=1S/C22H17Cl2N5O4S/c1-12-11-14(23)3-8-17(12)29-20(30)18(24)19(21(29)31)27-15-4-6-16(7-5-15)34(32,33)28-22-25-10-9-13(2)26-22/h3-11,27H,1-2H3,(H,25,26,28). The van der Waals surface area contributed by atoms with E-state index in [1.807, 2.05) is 0 Å². The summed E-state index contributed by atoms with van der Waals surface area (Å²) >= 11 is 12.1. The fourth-order valence-electron chi connectivity index (χ4n) is 3.24. The first-order valence-corrected chi connectivity index (χ1v) is 12.0. The quantitative estimate of drug-likeness (QED) is 0.474. The summed E-state index contributed by atoms with van der Waals surface area (Å²) < 4.78 is 27.5. The number of hydrogen-bond donors (Lipinski definition) is 2. The van der Waals surface area contributed by atoms with Crippen LogP contribution < -0.4 is 14.9 Å². The normalized spacial score (nSPS) is 14.1. The third kappa shape index (κ3) is 4.60. The molecule has 2 N–H and O–H groups in total. The Morgan fingerprint density at radius 3 is 2.29 bits per heavy atom. The van der Waals surface area contributed by atoms with Gasteiger partial charge in [0, 0.05) is 22.6 Å². The van der Waals surface area contributed by atoms with E-state index in [9.17, 15) is 18.0 Å². The molecule has 0 saturated heterocycles. The number of sulfonamides is 1. The lowest BCUT2D eigenvalue weighted by molar-refractivity contribution is -0.120. The molecule has 2 heterocycles. The van der Waals surface area contributed by atoms with Crippen LogP contribution in [0.5, 0.6) is 0 Å². The van der Waals surface area contributed by atoms with Crippen molar-refractivity contribution in [2.75, 3.05) is 14.9 Å². The third-order valence-corrected chi connectivity index (χ3v) is 6.81. The molecule has 34 heavy (non-hydrogen) atoms. The number of anilines is 3. The van der Waals surface area contributed by atoms with Crippen LogP contribution in [0.4, 0.5) is 17.3 Å². The van der Waals surface area contributed by atoms with E-state index < -0.39 is 21.8 Å². The maximum Gasteiger partial charge on any atom is 0.283 e. The largest absolute Gasteiger partial charge is 0.350 e. The number of halogens is 2. The summed E-state index contributed by atoms with van der Waals surface area (Å²) in [6.45, 7) is 3.43. The first-order chi connectivity index (χ1) is 16.1. The van der Waals surface area contributed by atoms with Gasteiger partial charge in [0.25, 0.3) is 21.8 Å². The molecule has 0 spiro atoms. The average molecular weight is 518 g/mol. The van der Waals surface area contributed by atoms with E-state index >= 15 is 0 Å². The highest BCUT2D eigenvalue weighted by Crippen LogP contribution is 2.33. The van der Waals surface area contributed by atoms with Crippen molar-refractivity contribution in [3.05, 3.63) is 81.7 Å². The second kappa shape index (κ2) is 9.05. The maximum atomic E-state index is 13.0. The molecule has 0 unspecified atom stereocenters. The highest BCUT2D eigenvalue weighted by molar-refractivity contribution is 7.92. The van der Waals surface area contributed by atoms with Gasteiger partial charge in [0.2, 0.25) is 5.95 Å². The van der Waals surface area contributed by atoms with Gasteiger partial charge in [-0.15, -0.1) is 0 Å². The van der Waals surface area contributed by atoms with Crippen molar-refractivity contribution in [3.63, 3.8) is 0 Å². The molecule has 0 fully saturated rings. The molecule has 1 aliphatic rings. The van der Waals surface area contributed by atoms with Gasteiger partial charge in [0.1, 0.15) is 10.7 Å². The van der Waals surface area contributed by atoms with E-state index in [0.29, 0.717) is 27.7 Å². The van der Waals surface area contributed by atoms with Crippen LogP contribution in [-0.4, -0.2) is 30.2 Å². The number of benzene rings is 2. The molecule has 1 aliphatic heterocycles. The van der Waals surface area contributed by atoms with E-state index in [-0.39, 0.29) is 21.6 Å². The van der Waals surface area contributed by atoms with Crippen molar-refractivity contribution in [1.29, 1.82) is 0 Å². The topological polar surface area (TPSA) is 121 Å². The predicted molar refractivity (Wildman–Crippen MR) is 129 cm³/mol. The minimum Gasteiger partial charge on any atom is -0.350 e. The number of rotatable bonds is 6. The molecule has 0 radical (unpaired) electrons. The summed E-state index contributed by atoms with van der Waals surface area (Å²) in [7, 11) is -3.94. The SMILES string of the molecule is Cc1ccnc(NS(=O)(=O)c2ccc(NC3=C(Cl)C(=O)N(c4ccc(Cl)cc4C)C3=O)cc2)n1. The molecule has 174 valence electrons. The highest BCUT2D eigenvalue weighted by atomic mass is 35.5. The molecule has 2 amide bonds. The Morgan fingerprint density at radius 2 is 1.65 bits per heavy atom. The van der Waals surface area contributed by atoms with Gasteiger partial charge < -0.3 is 5.32 Å². The number of carbonyl (C=O) groups excluding carboxylic acids is 2. The number of aryl methyl sites for hydroxylation is 2. The number of hydrogen-bond acceptors (Lipinski definition) is 7. The average Bonchev–Trinajstić information content (AvgIpc) is 2.97. The predicted octanol–water partition coefficient (Wildman–Crippen LogP) is 3.98. The summed E-state index contributed by atoms with van der Waals surface area (Å²) in [5, 5.41) is 2.99. The van der Waals surface area contributed by atoms with Crippen LogP contribution in [0.3, 0.4) is 0 Å². The minimum atomic E-state index is -3.94. The van der Waals surface area contributed by atoms with Crippen molar-refractivity contribution in [2.24, 2.45) is 0 Å². The zero-order valence-corrected chi connectivity index (χ0v) is 20.2. The number of nitrogens with zero attached hydrogens (tertiary/aromatic N) is 3. The lowest BCUT2D eigenvalue weighted by atomic mass is 10.2. The van der Waals surface area contributed by atoms with Crippen LogP contribution >= 0.6 is 23.2 Å². The highest BCUT2D eigenvalue weighted by Gasteiger charge is 2.39. The molecule has 0 atom stereocenters. The van der Waals surface area contributed by atoms with Crippen LogP contribution in [0.25, 0.3) is 0 Å². The van der Waals surface area contributed by atoms with E-state index in [1.165, 1.54) is 30.5 Å². The van der Waals surface area contributed by atoms with Crippen LogP contribution in [0.1, 0.15) is 11.3 Å². The molecule has 0 bridgehead atoms. The van der Waals surface area contributed by atoms with E-state index in [1.54, 1.807) is 38.1 Å². The number of nitrogens with one attached hydrogen (secondary N) is 2. The Labute approximate surface area is 205 Å². The van der Waals surface area contributed by atoms with Crippen molar-refractivity contribution < 1.29 is 18.0 Å². The maximum absolute atomic E-state index is 13.0. The monoisotopic (exact) mass is 517 g/mol. The molecular weight excluding hydrogens is 501 g/mol. The van der Waals surface area contributed by atoms with Crippen molar-refractivity contribution in [2.45, 2.75) is 18.7 Å². The number of carbonyl (C=O) groups is 2. The van der Waals surface area contributed by atoms with Crippen LogP contribution in [-0.2, 0) is 19.6 Å². The Morgan fingerprint density at radius 1 is 0.941 bits per heavy atom. The molecular formula is C22H17Cl2N5O4S. The lowest BCUT2D eigenvalue weighted by Crippen LogP contribution is -2.32. The zero-order chi connectivity index (χ0) is 24.6. The molecule has 2 aromatic carbocycles.